The van der Waals surface area contributed by atoms with Crippen LogP contribution in [0.15, 0.2) is 53.0 Å². The maximum Gasteiger partial charge on any atom is 0.138 e. The van der Waals surface area contributed by atoms with Crippen molar-refractivity contribution in [2.75, 3.05) is 0 Å². The van der Waals surface area contributed by atoms with Gasteiger partial charge in [-0.15, -0.1) is 0 Å². The van der Waals surface area contributed by atoms with Crippen molar-refractivity contribution in [3.8, 4) is 6.07 Å². The highest BCUT2D eigenvalue weighted by molar-refractivity contribution is 9.10. The van der Waals surface area contributed by atoms with E-state index in [1.165, 1.54) is 6.07 Å². The van der Waals surface area contributed by atoms with Gasteiger partial charge in [0, 0.05) is 0 Å². The molecule has 0 amide bonds. The van der Waals surface area contributed by atoms with Crippen molar-refractivity contribution in [3.63, 3.8) is 0 Å². The van der Waals surface area contributed by atoms with E-state index < -0.39 is 5.82 Å². The van der Waals surface area contributed by atoms with Gasteiger partial charge >= 0.3 is 0 Å². The summed E-state index contributed by atoms with van der Waals surface area (Å²) in [6.45, 7) is 0. The van der Waals surface area contributed by atoms with Gasteiger partial charge in [0.25, 0.3) is 0 Å². The minimum Gasteiger partial charge on any atom is -0.206 e. The largest absolute Gasteiger partial charge is 0.206 e. The van der Waals surface area contributed by atoms with Crippen molar-refractivity contribution in [1.82, 2.24) is 0 Å². The first-order chi connectivity index (χ1) is 9.13. The zero-order chi connectivity index (χ0) is 13.8. The number of nitrogens with zero attached hydrogens (tertiary/aromatic N) is 1. The molecule has 1 nitrogen and oxygen atoms in total. The van der Waals surface area contributed by atoms with Crippen LogP contribution in [0.5, 0.6) is 0 Å². The van der Waals surface area contributed by atoms with Crippen LogP contribution in [0.1, 0.15) is 11.1 Å². The molecule has 0 fully saturated rings. The number of allylic oxidation sites excluding steroid dienone is 1. The van der Waals surface area contributed by atoms with E-state index >= 15 is 0 Å². The predicted molar refractivity (Wildman–Crippen MR) is 78.8 cm³/mol. The van der Waals surface area contributed by atoms with Gasteiger partial charge in [-0.2, -0.15) is 5.26 Å². The number of rotatable bonds is 2. The Balaban J connectivity index is 2.56. The van der Waals surface area contributed by atoms with Crippen LogP contribution in [0.25, 0.3) is 10.6 Å². The van der Waals surface area contributed by atoms with Gasteiger partial charge in [-0.05, 0) is 39.2 Å². The molecule has 0 saturated heterocycles. The van der Waals surface area contributed by atoms with Crippen molar-refractivity contribution in [2.24, 2.45) is 0 Å². The van der Waals surface area contributed by atoms with E-state index in [1.54, 1.807) is 24.3 Å². The summed E-state index contributed by atoms with van der Waals surface area (Å²) >= 11 is 9.28. The zero-order valence-electron chi connectivity index (χ0n) is 9.70. The Kier molecular flexibility index (Phi) is 4.36. The van der Waals surface area contributed by atoms with E-state index in [0.717, 1.165) is 0 Å². The molecule has 0 N–H and O–H groups in total. The molecule has 2 aromatic rings. The normalized spacial score (nSPS) is 11.7. The molecule has 0 saturated carbocycles. The van der Waals surface area contributed by atoms with Gasteiger partial charge in [-0.1, -0.05) is 48.0 Å². The first kappa shape index (κ1) is 13.8. The van der Waals surface area contributed by atoms with Crippen molar-refractivity contribution in [3.05, 3.63) is 69.9 Å². The van der Waals surface area contributed by atoms with Gasteiger partial charge in [0.15, 0.2) is 0 Å². The van der Waals surface area contributed by atoms with E-state index in [1.807, 2.05) is 18.2 Å². The molecule has 0 aliphatic heterocycles. The summed E-state index contributed by atoms with van der Waals surface area (Å²) in [7, 11) is 0. The predicted octanol–water partition coefficient (Wildman–Crippen LogP) is 5.22. The van der Waals surface area contributed by atoms with Crippen LogP contribution in [-0.4, -0.2) is 0 Å². The maximum atomic E-state index is 13.5. The minimum atomic E-state index is -0.416. The number of nitriles is 1. The molecule has 0 aliphatic rings. The molecule has 0 aliphatic carbocycles. The van der Waals surface area contributed by atoms with Crippen LogP contribution >= 0.6 is 27.5 Å². The molecule has 19 heavy (non-hydrogen) atoms. The van der Waals surface area contributed by atoms with Crippen LogP contribution in [0, 0.1) is 17.1 Å². The Labute approximate surface area is 124 Å². The third kappa shape index (κ3) is 3.04. The summed E-state index contributed by atoms with van der Waals surface area (Å²) in [4.78, 5) is 0. The first-order valence-corrected chi connectivity index (χ1v) is 6.61. The molecule has 2 rings (SSSR count). The lowest BCUT2D eigenvalue weighted by molar-refractivity contribution is 0.621. The topological polar surface area (TPSA) is 23.8 Å². The smallest absolute Gasteiger partial charge is 0.138 e. The Hall–Kier alpha value is -1.63. The molecule has 94 valence electrons. The fourth-order valence-electron chi connectivity index (χ4n) is 1.62. The number of halogens is 3. The Morgan fingerprint density at radius 3 is 2.37 bits per heavy atom. The summed E-state index contributed by atoms with van der Waals surface area (Å²) in [5.74, 6) is -0.416. The fraction of sp³-hybridized carbons (Fsp3) is 0. The van der Waals surface area contributed by atoms with Crippen LogP contribution in [-0.2, 0) is 0 Å². The van der Waals surface area contributed by atoms with Gasteiger partial charge in [-0.3, -0.25) is 0 Å². The van der Waals surface area contributed by atoms with E-state index in [-0.39, 0.29) is 5.03 Å². The summed E-state index contributed by atoms with van der Waals surface area (Å²) in [6, 6.07) is 15.7. The molecular weight excluding hydrogens is 329 g/mol. The highest BCUT2D eigenvalue weighted by Crippen LogP contribution is 2.30. The number of benzene rings is 2. The van der Waals surface area contributed by atoms with Gasteiger partial charge in [0.2, 0.25) is 0 Å². The van der Waals surface area contributed by atoms with Crippen molar-refractivity contribution >= 4 is 38.1 Å². The number of hydrogen-bond acceptors (Lipinski definition) is 1. The maximum absolute atomic E-state index is 13.5. The summed E-state index contributed by atoms with van der Waals surface area (Å²) in [6.07, 6.45) is 0. The molecular formula is C15H8BrClFN. The van der Waals surface area contributed by atoms with E-state index in [2.05, 4.69) is 22.0 Å². The SMILES string of the molecule is N#CC(=C(Cl)c1ccc(Br)c(F)c1)c1ccccc1. The van der Waals surface area contributed by atoms with Crippen molar-refractivity contribution in [2.45, 2.75) is 0 Å². The Morgan fingerprint density at radius 1 is 1.11 bits per heavy atom. The van der Waals surface area contributed by atoms with Gasteiger partial charge in [-0.25, -0.2) is 4.39 Å². The van der Waals surface area contributed by atoms with Gasteiger partial charge in [0.05, 0.1) is 15.1 Å². The summed E-state index contributed by atoms with van der Waals surface area (Å²) in [5, 5.41) is 9.48. The molecule has 0 heterocycles. The molecule has 0 aromatic heterocycles. The zero-order valence-corrected chi connectivity index (χ0v) is 12.0. The standard InChI is InChI=1S/C15H8BrClFN/c16-13-7-6-11(8-14(13)18)15(17)12(9-19)10-4-2-1-3-5-10/h1-8H. The van der Waals surface area contributed by atoms with Crippen molar-refractivity contribution < 1.29 is 4.39 Å². The second-order valence-electron chi connectivity index (χ2n) is 3.80. The molecule has 0 unspecified atom stereocenters. The molecule has 2 aromatic carbocycles. The van der Waals surface area contributed by atoms with Gasteiger partial charge < -0.3 is 0 Å². The quantitative estimate of drug-likeness (QED) is 0.545. The number of hydrogen-bond donors (Lipinski definition) is 0. The lowest BCUT2D eigenvalue weighted by Gasteiger charge is -2.05. The van der Waals surface area contributed by atoms with Crippen molar-refractivity contribution in [1.29, 1.82) is 5.26 Å². The molecule has 0 bridgehead atoms. The fourth-order valence-corrected chi connectivity index (χ4v) is 2.14. The van der Waals surface area contributed by atoms with E-state index in [4.69, 9.17) is 11.6 Å². The average Bonchev–Trinajstić information content (AvgIpc) is 2.44. The summed E-state index contributed by atoms with van der Waals surface area (Å²) in [5.41, 5.74) is 1.50. The monoisotopic (exact) mass is 335 g/mol. The van der Waals surface area contributed by atoms with Crippen LogP contribution < -0.4 is 0 Å². The van der Waals surface area contributed by atoms with Gasteiger partial charge in [0.1, 0.15) is 11.9 Å². The average molecular weight is 337 g/mol. The van der Waals surface area contributed by atoms with Crippen LogP contribution in [0.3, 0.4) is 0 Å². The molecule has 4 heteroatoms. The lowest BCUT2D eigenvalue weighted by Crippen LogP contribution is -1.88. The molecule has 0 radical (unpaired) electrons. The first-order valence-electron chi connectivity index (χ1n) is 5.44. The highest BCUT2D eigenvalue weighted by atomic mass is 79.9. The Morgan fingerprint density at radius 2 is 1.79 bits per heavy atom. The second-order valence-corrected chi connectivity index (χ2v) is 5.03. The summed E-state index contributed by atoms with van der Waals surface area (Å²) < 4.78 is 13.9. The molecule has 0 atom stereocenters. The van der Waals surface area contributed by atoms with E-state index in [9.17, 15) is 9.65 Å². The van der Waals surface area contributed by atoms with E-state index in [0.29, 0.717) is 21.2 Å². The van der Waals surface area contributed by atoms with Crippen LogP contribution in [0.4, 0.5) is 4.39 Å². The second kappa shape index (κ2) is 6.01. The minimum absolute atomic E-state index is 0.236. The third-order valence-electron chi connectivity index (χ3n) is 2.57. The highest BCUT2D eigenvalue weighted by Gasteiger charge is 2.11. The van der Waals surface area contributed by atoms with Crippen LogP contribution in [0.2, 0.25) is 0 Å². The third-order valence-corrected chi connectivity index (χ3v) is 3.62. The molecule has 0 spiro atoms. The lowest BCUT2D eigenvalue weighted by atomic mass is 10.0. The Bertz CT molecular complexity index is 674.